The topological polar surface area (TPSA) is 12.9 Å². The fraction of sp³-hybridized carbons (Fsp3) is 0.214. The smallest absolute Gasteiger partial charge is 0.0777 e. The van der Waals surface area contributed by atoms with Crippen LogP contribution in [0.3, 0.4) is 0 Å². The summed E-state index contributed by atoms with van der Waals surface area (Å²) in [5, 5.41) is 1.45. The summed E-state index contributed by atoms with van der Waals surface area (Å²) >= 11 is 3.50. The van der Waals surface area contributed by atoms with E-state index in [1.165, 1.54) is 10.8 Å². The molecule has 1 aromatic heterocycles. The van der Waals surface area contributed by atoms with Gasteiger partial charge in [-0.25, -0.2) is 0 Å². The lowest BCUT2D eigenvalue weighted by atomic mass is 10.1. The molecule has 0 saturated carbocycles. The molecule has 0 atom stereocenters. The van der Waals surface area contributed by atoms with Crippen LogP contribution in [0.5, 0.6) is 0 Å². The minimum absolute atomic E-state index is 1.06. The van der Waals surface area contributed by atoms with E-state index in [0.717, 1.165) is 10.2 Å². The van der Waals surface area contributed by atoms with Crippen LogP contribution in [-0.2, 0) is 0 Å². The molecule has 0 aliphatic rings. The highest BCUT2D eigenvalue weighted by molar-refractivity contribution is 9.10. The Morgan fingerprint density at radius 2 is 1.82 bits per heavy atom. The summed E-state index contributed by atoms with van der Waals surface area (Å²) < 4.78 is 1.09. The maximum absolute atomic E-state index is 4.47. The van der Waals surface area contributed by atoms with Gasteiger partial charge in [0, 0.05) is 16.2 Å². The van der Waals surface area contributed by atoms with Crippen LogP contribution in [-0.4, -0.2) is 13.1 Å². The molecule has 0 radical (unpaired) electrons. The molecule has 0 amide bonds. The molecule has 1 nitrogen and oxygen atoms in total. The molecule has 0 spiro atoms. The Hall–Kier alpha value is -0.933. The molecule has 3 heteroatoms. The van der Waals surface area contributed by atoms with Gasteiger partial charge in [0.1, 0.15) is 0 Å². The van der Waals surface area contributed by atoms with Crippen LogP contribution < -0.4 is 5.19 Å². The molecule has 2 aromatic rings. The molecule has 1 heterocycles. The van der Waals surface area contributed by atoms with Crippen molar-refractivity contribution in [3.8, 4) is 11.3 Å². The minimum Gasteiger partial charge on any atom is -0.256 e. The van der Waals surface area contributed by atoms with E-state index in [2.05, 4.69) is 64.8 Å². The van der Waals surface area contributed by atoms with Crippen molar-refractivity contribution >= 4 is 29.2 Å². The van der Waals surface area contributed by atoms with Gasteiger partial charge in [0.05, 0.1) is 13.8 Å². The van der Waals surface area contributed by atoms with E-state index in [4.69, 9.17) is 0 Å². The minimum atomic E-state index is -1.26. The quantitative estimate of drug-likeness (QED) is 0.763. The second kappa shape index (κ2) is 4.74. The first-order chi connectivity index (χ1) is 7.97. The van der Waals surface area contributed by atoms with Gasteiger partial charge in [-0.3, -0.25) is 4.98 Å². The molecule has 2 rings (SSSR count). The van der Waals surface area contributed by atoms with Crippen LogP contribution in [0.1, 0.15) is 0 Å². The molecular formula is C14H16BrNSi. The molecule has 0 saturated heterocycles. The average molecular weight is 306 g/mol. The van der Waals surface area contributed by atoms with Crippen LogP contribution in [0.15, 0.2) is 47.1 Å². The summed E-state index contributed by atoms with van der Waals surface area (Å²) in [6, 6.07) is 12.7. The maximum atomic E-state index is 4.47. The number of rotatable bonds is 2. The SMILES string of the molecule is C[Si](C)(C)c1ccnc(-c2cccc(Br)c2)c1. The summed E-state index contributed by atoms with van der Waals surface area (Å²) in [6.07, 6.45) is 1.92. The molecular weight excluding hydrogens is 290 g/mol. The predicted molar refractivity (Wildman–Crippen MR) is 80.4 cm³/mol. The van der Waals surface area contributed by atoms with Crippen molar-refractivity contribution < 1.29 is 0 Å². The number of nitrogens with zero attached hydrogens (tertiary/aromatic N) is 1. The first-order valence-electron chi connectivity index (χ1n) is 5.69. The van der Waals surface area contributed by atoms with E-state index in [1.807, 2.05) is 18.3 Å². The van der Waals surface area contributed by atoms with E-state index in [0.29, 0.717) is 0 Å². The number of pyridine rings is 1. The van der Waals surface area contributed by atoms with Gasteiger partial charge >= 0.3 is 0 Å². The Morgan fingerprint density at radius 1 is 1.06 bits per heavy atom. The highest BCUT2D eigenvalue weighted by Crippen LogP contribution is 2.20. The molecule has 17 heavy (non-hydrogen) atoms. The summed E-state index contributed by atoms with van der Waals surface area (Å²) in [5.74, 6) is 0. The van der Waals surface area contributed by atoms with E-state index in [1.54, 1.807) is 0 Å². The van der Waals surface area contributed by atoms with Crippen LogP contribution in [0.2, 0.25) is 19.6 Å². The van der Waals surface area contributed by atoms with E-state index >= 15 is 0 Å². The Morgan fingerprint density at radius 3 is 2.47 bits per heavy atom. The largest absolute Gasteiger partial charge is 0.256 e. The Balaban J connectivity index is 2.47. The van der Waals surface area contributed by atoms with Gasteiger partial charge in [-0.15, -0.1) is 0 Å². The average Bonchev–Trinajstić information content (AvgIpc) is 2.28. The van der Waals surface area contributed by atoms with E-state index < -0.39 is 8.07 Å². The van der Waals surface area contributed by atoms with Gasteiger partial charge in [0.2, 0.25) is 0 Å². The fourth-order valence-electron chi connectivity index (χ4n) is 1.70. The first kappa shape index (κ1) is 12.5. The van der Waals surface area contributed by atoms with Crippen molar-refractivity contribution in [1.82, 2.24) is 4.98 Å². The Labute approximate surface area is 112 Å². The van der Waals surface area contributed by atoms with Crippen LogP contribution in [0, 0.1) is 0 Å². The molecule has 0 bridgehead atoms. The standard InChI is InChI=1S/C14H16BrNSi/c1-17(2,3)13-7-8-16-14(10-13)11-5-4-6-12(15)9-11/h4-10H,1-3H3. The van der Waals surface area contributed by atoms with Gasteiger partial charge in [-0.2, -0.15) is 0 Å². The van der Waals surface area contributed by atoms with Crippen molar-refractivity contribution in [2.24, 2.45) is 0 Å². The van der Waals surface area contributed by atoms with E-state index in [9.17, 15) is 0 Å². The van der Waals surface area contributed by atoms with Crippen molar-refractivity contribution in [3.05, 3.63) is 47.1 Å². The fourth-order valence-corrected chi connectivity index (χ4v) is 3.25. The Bertz CT molecular complexity index is 532. The highest BCUT2D eigenvalue weighted by Gasteiger charge is 2.16. The van der Waals surface area contributed by atoms with Gasteiger partial charge in [-0.1, -0.05) is 52.9 Å². The van der Waals surface area contributed by atoms with Crippen LogP contribution in [0.25, 0.3) is 11.3 Å². The summed E-state index contributed by atoms with van der Waals surface area (Å²) in [4.78, 5) is 4.47. The molecule has 1 aromatic carbocycles. The number of benzene rings is 1. The lowest BCUT2D eigenvalue weighted by Gasteiger charge is -2.17. The number of aromatic nitrogens is 1. The molecule has 88 valence electrons. The van der Waals surface area contributed by atoms with Gasteiger partial charge in [0.15, 0.2) is 0 Å². The van der Waals surface area contributed by atoms with Crippen molar-refractivity contribution in [3.63, 3.8) is 0 Å². The number of hydrogen-bond donors (Lipinski definition) is 0. The third-order valence-electron chi connectivity index (χ3n) is 2.75. The third kappa shape index (κ3) is 3.04. The zero-order valence-corrected chi connectivity index (χ0v) is 13.0. The molecule has 0 aliphatic carbocycles. The van der Waals surface area contributed by atoms with Gasteiger partial charge < -0.3 is 0 Å². The lowest BCUT2D eigenvalue weighted by Crippen LogP contribution is -2.37. The molecule has 0 N–H and O–H groups in total. The van der Waals surface area contributed by atoms with Gasteiger partial charge in [0.25, 0.3) is 0 Å². The number of hydrogen-bond acceptors (Lipinski definition) is 1. The first-order valence-corrected chi connectivity index (χ1v) is 9.98. The lowest BCUT2D eigenvalue weighted by molar-refractivity contribution is 1.33. The molecule has 0 fully saturated rings. The van der Waals surface area contributed by atoms with Crippen molar-refractivity contribution in [2.75, 3.05) is 0 Å². The third-order valence-corrected chi connectivity index (χ3v) is 5.28. The zero-order valence-electron chi connectivity index (χ0n) is 10.4. The maximum Gasteiger partial charge on any atom is 0.0777 e. The second-order valence-electron chi connectivity index (χ2n) is 5.19. The van der Waals surface area contributed by atoms with Crippen LogP contribution >= 0.6 is 15.9 Å². The van der Waals surface area contributed by atoms with Crippen molar-refractivity contribution in [2.45, 2.75) is 19.6 Å². The molecule has 0 unspecified atom stereocenters. The van der Waals surface area contributed by atoms with Crippen LogP contribution in [0.4, 0.5) is 0 Å². The van der Waals surface area contributed by atoms with E-state index in [-0.39, 0.29) is 0 Å². The molecule has 0 aliphatic heterocycles. The summed E-state index contributed by atoms with van der Waals surface area (Å²) in [5.41, 5.74) is 2.23. The highest BCUT2D eigenvalue weighted by atomic mass is 79.9. The normalized spacial score (nSPS) is 11.5. The number of halogens is 1. The zero-order chi connectivity index (χ0) is 12.5. The predicted octanol–water partition coefficient (Wildman–Crippen LogP) is 4.06. The second-order valence-corrected chi connectivity index (χ2v) is 11.2. The summed E-state index contributed by atoms with van der Waals surface area (Å²) in [6.45, 7) is 7.06. The summed E-state index contributed by atoms with van der Waals surface area (Å²) in [7, 11) is -1.26. The van der Waals surface area contributed by atoms with Gasteiger partial charge in [-0.05, 0) is 24.3 Å². The van der Waals surface area contributed by atoms with Crippen molar-refractivity contribution in [1.29, 1.82) is 0 Å². The monoisotopic (exact) mass is 305 g/mol. The Kier molecular flexibility index (Phi) is 3.49.